The molecule has 2 aromatic carbocycles. The molecular formula is C19H13Cl3N4O5S. The summed E-state index contributed by atoms with van der Waals surface area (Å²) in [6.45, 7) is 0. The van der Waals surface area contributed by atoms with Crippen LogP contribution in [0.3, 0.4) is 0 Å². The van der Waals surface area contributed by atoms with Crippen LogP contribution >= 0.6 is 46.1 Å². The third-order valence-electron chi connectivity index (χ3n) is 3.90. The Morgan fingerprint density at radius 2 is 1.72 bits per heavy atom. The highest BCUT2D eigenvalue weighted by Crippen LogP contribution is 2.35. The molecule has 1 aromatic heterocycles. The Bertz CT molecular complexity index is 1170. The minimum Gasteiger partial charge on any atom is -0.448 e. The van der Waals surface area contributed by atoms with Gasteiger partial charge in [-0.3, -0.25) is 14.5 Å². The molecule has 3 aromatic rings. The molecule has 1 heterocycles. The molecule has 0 fully saturated rings. The highest BCUT2D eigenvalue weighted by atomic mass is 35.5. The van der Waals surface area contributed by atoms with Crippen molar-refractivity contribution >= 4 is 80.9 Å². The van der Waals surface area contributed by atoms with Gasteiger partial charge in [-0.15, -0.1) is 11.3 Å². The minimum absolute atomic E-state index is 0.112. The van der Waals surface area contributed by atoms with Crippen molar-refractivity contribution in [3.8, 4) is 0 Å². The molecule has 0 bridgehead atoms. The summed E-state index contributed by atoms with van der Waals surface area (Å²) in [5, 5.41) is 14.0. The summed E-state index contributed by atoms with van der Waals surface area (Å²) in [6.07, 6.45) is -1.72. The van der Waals surface area contributed by atoms with Crippen LogP contribution in [0, 0.1) is 0 Å². The second-order valence-corrected chi connectivity index (χ2v) is 8.05. The number of amides is 3. The van der Waals surface area contributed by atoms with E-state index in [1.54, 1.807) is 24.3 Å². The number of hydrogen-bond acceptors (Lipinski definition) is 6. The molecule has 3 amide bonds. The summed E-state index contributed by atoms with van der Waals surface area (Å²) in [5.41, 5.74) is 0.546. The molecule has 32 heavy (non-hydrogen) atoms. The molecule has 13 heteroatoms. The highest BCUT2D eigenvalue weighted by molar-refractivity contribution is 7.14. The molecule has 3 rings (SSSR count). The molecule has 0 unspecified atom stereocenters. The number of carboxylic acid groups (broad SMARTS) is 1. The summed E-state index contributed by atoms with van der Waals surface area (Å²) >= 11 is 19.1. The van der Waals surface area contributed by atoms with Crippen LogP contribution in [-0.2, 0) is 4.84 Å². The fraction of sp³-hybridized carbons (Fsp3) is 0.0526. The van der Waals surface area contributed by atoms with E-state index >= 15 is 0 Å². The Kier molecular flexibility index (Phi) is 7.41. The number of hydroxylamine groups is 1. The summed E-state index contributed by atoms with van der Waals surface area (Å²) in [5.74, 6) is -0.693. The number of nitrogens with zero attached hydrogens (tertiary/aromatic N) is 3. The maximum Gasteiger partial charge on any atom is 0.531 e. The third-order valence-corrected chi connectivity index (χ3v) is 5.51. The van der Waals surface area contributed by atoms with Crippen molar-refractivity contribution < 1.29 is 24.3 Å². The maximum atomic E-state index is 13.4. The first-order valence-corrected chi connectivity index (χ1v) is 10.7. The summed E-state index contributed by atoms with van der Waals surface area (Å²) in [4.78, 5) is 46.4. The Hall–Kier alpha value is -3.05. The van der Waals surface area contributed by atoms with Gasteiger partial charge in [-0.1, -0.05) is 39.9 Å². The van der Waals surface area contributed by atoms with Gasteiger partial charge in [0.2, 0.25) is 0 Å². The zero-order valence-electron chi connectivity index (χ0n) is 16.1. The molecule has 0 spiro atoms. The lowest BCUT2D eigenvalue weighted by atomic mass is 10.2. The Morgan fingerprint density at radius 3 is 2.31 bits per heavy atom. The minimum atomic E-state index is -1.72. The predicted octanol–water partition coefficient (Wildman–Crippen LogP) is 5.84. The largest absolute Gasteiger partial charge is 0.531 e. The van der Waals surface area contributed by atoms with Crippen LogP contribution in [0.25, 0.3) is 0 Å². The van der Waals surface area contributed by atoms with E-state index in [-0.39, 0.29) is 21.5 Å². The van der Waals surface area contributed by atoms with Crippen LogP contribution in [0.1, 0.15) is 10.4 Å². The highest BCUT2D eigenvalue weighted by Gasteiger charge is 2.28. The van der Waals surface area contributed by atoms with E-state index in [0.29, 0.717) is 20.8 Å². The van der Waals surface area contributed by atoms with E-state index in [0.717, 1.165) is 11.3 Å². The SMILES string of the molecule is CNC(=O)N(OC(=O)O)c1csc(N(C(=O)c2ccc(Cl)cc2Cl)c2ccc(Cl)cc2)n1. The number of anilines is 3. The lowest BCUT2D eigenvalue weighted by molar-refractivity contribution is 0.0851. The Balaban J connectivity index is 2.08. The Labute approximate surface area is 200 Å². The van der Waals surface area contributed by atoms with Gasteiger partial charge in [0.25, 0.3) is 5.91 Å². The smallest absolute Gasteiger partial charge is 0.448 e. The topological polar surface area (TPSA) is 112 Å². The average molecular weight is 516 g/mol. The third kappa shape index (κ3) is 5.22. The van der Waals surface area contributed by atoms with E-state index in [4.69, 9.17) is 39.9 Å². The first-order valence-electron chi connectivity index (χ1n) is 8.64. The van der Waals surface area contributed by atoms with Crippen molar-refractivity contribution in [1.29, 1.82) is 0 Å². The van der Waals surface area contributed by atoms with E-state index in [9.17, 15) is 14.4 Å². The second-order valence-electron chi connectivity index (χ2n) is 5.94. The number of rotatable bonds is 4. The quantitative estimate of drug-likeness (QED) is 0.422. The number of benzene rings is 2. The molecule has 0 aliphatic rings. The lowest BCUT2D eigenvalue weighted by Gasteiger charge is -2.21. The number of aromatic nitrogens is 1. The van der Waals surface area contributed by atoms with E-state index in [2.05, 4.69) is 15.1 Å². The van der Waals surface area contributed by atoms with Crippen LogP contribution < -0.4 is 15.3 Å². The van der Waals surface area contributed by atoms with Crippen molar-refractivity contribution in [1.82, 2.24) is 10.3 Å². The van der Waals surface area contributed by atoms with Crippen LogP contribution in [-0.4, -0.2) is 35.2 Å². The van der Waals surface area contributed by atoms with Crippen molar-refractivity contribution in [3.63, 3.8) is 0 Å². The molecule has 9 nitrogen and oxygen atoms in total. The van der Waals surface area contributed by atoms with E-state index in [1.807, 2.05) is 0 Å². The molecule has 0 aliphatic carbocycles. The van der Waals surface area contributed by atoms with Gasteiger partial charge in [0.1, 0.15) is 0 Å². The monoisotopic (exact) mass is 514 g/mol. The van der Waals surface area contributed by atoms with Crippen molar-refractivity contribution in [2.24, 2.45) is 0 Å². The number of urea groups is 1. The van der Waals surface area contributed by atoms with Gasteiger partial charge >= 0.3 is 12.2 Å². The molecule has 166 valence electrons. The van der Waals surface area contributed by atoms with E-state index < -0.39 is 18.1 Å². The zero-order chi connectivity index (χ0) is 23.4. The van der Waals surface area contributed by atoms with Gasteiger partial charge in [-0.25, -0.2) is 9.59 Å². The van der Waals surface area contributed by atoms with E-state index in [1.165, 1.54) is 35.5 Å². The summed E-state index contributed by atoms with van der Waals surface area (Å²) in [6, 6.07) is 9.88. The van der Waals surface area contributed by atoms with Crippen LogP contribution in [0.15, 0.2) is 47.8 Å². The summed E-state index contributed by atoms with van der Waals surface area (Å²) < 4.78 is 0. The number of carbonyl (C=O) groups is 3. The fourth-order valence-electron chi connectivity index (χ4n) is 2.51. The standard InChI is InChI=1S/C19H13Cl3N4O5S/c1-23-17(28)26(31-19(29)30)15-9-32-18(24-15)25(12-5-2-10(20)3-6-12)16(27)13-7-4-11(21)8-14(13)22/h2-9H,1H3,(H,23,28)(H,29,30). The fourth-order valence-corrected chi connectivity index (χ4v) is 3.93. The number of nitrogens with one attached hydrogen (secondary N) is 1. The Morgan fingerprint density at radius 1 is 1.06 bits per heavy atom. The van der Waals surface area contributed by atoms with Gasteiger partial charge in [0, 0.05) is 22.5 Å². The van der Waals surface area contributed by atoms with Crippen molar-refractivity contribution in [3.05, 3.63) is 68.5 Å². The lowest BCUT2D eigenvalue weighted by Crippen LogP contribution is -2.39. The van der Waals surface area contributed by atoms with Crippen LogP contribution in [0.4, 0.5) is 26.2 Å². The number of hydrogen-bond donors (Lipinski definition) is 2. The molecule has 0 aliphatic heterocycles. The molecule has 0 saturated heterocycles. The van der Waals surface area contributed by atoms with Crippen LogP contribution in [0.2, 0.25) is 15.1 Å². The summed E-state index contributed by atoms with van der Waals surface area (Å²) in [7, 11) is 1.29. The van der Waals surface area contributed by atoms with Gasteiger partial charge in [0.05, 0.1) is 16.3 Å². The molecule has 2 N–H and O–H groups in total. The molecular weight excluding hydrogens is 503 g/mol. The first-order chi connectivity index (χ1) is 15.2. The predicted molar refractivity (Wildman–Crippen MR) is 123 cm³/mol. The van der Waals surface area contributed by atoms with Gasteiger partial charge in [0.15, 0.2) is 10.9 Å². The normalized spacial score (nSPS) is 10.4. The van der Waals surface area contributed by atoms with Gasteiger partial charge in [-0.2, -0.15) is 4.98 Å². The van der Waals surface area contributed by atoms with Gasteiger partial charge in [-0.05, 0) is 42.5 Å². The van der Waals surface area contributed by atoms with Crippen LogP contribution in [0.5, 0.6) is 0 Å². The maximum absolute atomic E-state index is 13.4. The zero-order valence-corrected chi connectivity index (χ0v) is 19.2. The average Bonchev–Trinajstić information content (AvgIpc) is 3.22. The molecule has 0 radical (unpaired) electrons. The molecule has 0 atom stereocenters. The number of halogens is 3. The number of carbonyl (C=O) groups excluding carboxylic acids is 2. The number of thiazole rings is 1. The first kappa shape index (κ1) is 23.6. The molecule has 0 saturated carbocycles. The van der Waals surface area contributed by atoms with Gasteiger partial charge < -0.3 is 10.4 Å². The van der Waals surface area contributed by atoms with Crippen molar-refractivity contribution in [2.45, 2.75) is 0 Å². The second kappa shape index (κ2) is 10.0. The van der Waals surface area contributed by atoms with Crippen molar-refractivity contribution in [2.75, 3.05) is 17.0 Å².